The molecule has 0 aromatic heterocycles. The van der Waals surface area contributed by atoms with E-state index in [-0.39, 0.29) is 31.1 Å². The summed E-state index contributed by atoms with van der Waals surface area (Å²) < 4.78 is 16.7. The largest absolute Gasteiger partial charge is 0.462 e. The maximum absolute atomic E-state index is 12.8. The fraction of sp³-hybridized carbons (Fsp3) is 0.625. The number of hydrogen-bond acceptors (Lipinski definition) is 6. The molecule has 0 heterocycles. The van der Waals surface area contributed by atoms with Gasteiger partial charge in [-0.1, -0.05) is 201 Å². The minimum Gasteiger partial charge on any atom is -0.462 e. The molecule has 0 aliphatic rings. The molecule has 0 radical (unpaired) electrons. The van der Waals surface area contributed by atoms with Crippen LogP contribution in [0.25, 0.3) is 0 Å². The van der Waals surface area contributed by atoms with E-state index < -0.39 is 6.10 Å². The number of hydrogen-bond donors (Lipinski definition) is 0. The second kappa shape index (κ2) is 49.7. The van der Waals surface area contributed by atoms with Crippen LogP contribution in [0.1, 0.15) is 207 Å². The first-order chi connectivity index (χ1) is 30.5. The molecule has 0 rings (SSSR count). The number of rotatable bonds is 43. The molecule has 0 aromatic carbocycles. The Morgan fingerprint density at radius 3 is 1.21 bits per heavy atom. The van der Waals surface area contributed by atoms with Gasteiger partial charge in [-0.25, -0.2) is 0 Å². The van der Waals surface area contributed by atoms with Gasteiger partial charge in [-0.15, -0.1) is 0 Å². The maximum atomic E-state index is 12.8. The standard InChI is InChI=1S/C56H90O6/c1-4-7-10-13-16-19-22-25-27-29-31-34-37-40-43-46-49-55(58)61-52-53(51-60-54(57)48-45-42-39-36-33-30-24-21-18-15-12-9-6-3)62-56(59)50-47-44-41-38-35-32-28-26-23-20-17-14-11-8-5-2/h7,9-10,12,15-21,23-27,30,33,53H,4-6,8,11,13-14,22,28-29,31-32,34-52H2,1-3H3/b10-7+,12-9+,18-15+,19-16+,20-17+,24-21+,26-23+,27-25+,33-30+. The van der Waals surface area contributed by atoms with Gasteiger partial charge in [0.15, 0.2) is 6.10 Å². The zero-order chi connectivity index (χ0) is 45.1. The Balaban J connectivity index is 4.50. The molecule has 0 saturated carbocycles. The molecule has 0 aliphatic carbocycles. The highest BCUT2D eigenvalue weighted by atomic mass is 16.6. The lowest BCUT2D eigenvalue weighted by molar-refractivity contribution is -0.167. The van der Waals surface area contributed by atoms with Crippen LogP contribution in [0.15, 0.2) is 109 Å². The van der Waals surface area contributed by atoms with E-state index in [0.29, 0.717) is 19.3 Å². The molecule has 6 heteroatoms. The smallest absolute Gasteiger partial charge is 0.306 e. The van der Waals surface area contributed by atoms with Crippen molar-refractivity contribution in [3.63, 3.8) is 0 Å². The van der Waals surface area contributed by atoms with Crippen molar-refractivity contribution in [1.82, 2.24) is 0 Å². The molecule has 0 amide bonds. The van der Waals surface area contributed by atoms with Gasteiger partial charge in [-0.05, 0) is 96.3 Å². The van der Waals surface area contributed by atoms with E-state index in [1.807, 2.05) is 36.5 Å². The highest BCUT2D eigenvalue weighted by Crippen LogP contribution is 2.13. The highest BCUT2D eigenvalue weighted by molar-refractivity contribution is 5.71. The molecular weight excluding hydrogens is 769 g/mol. The van der Waals surface area contributed by atoms with Gasteiger partial charge >= 0.3 is 17.9 Å². The van der Waals surface area contributed by atoms with Crippen LogP contribution < -0.4 is 0 Å². The summed E-state index contributed by atoms with van der Waals surface area (Å²) in [7, 11) is 0. The molecule has 0 fully saturated rings. The molecule has 62 heavy (non-hydrogen) atoms. The lowest BCUT2D eigenvalue weighted by atomic mass is 10.1. The fourth-order valence-corrected chi connectivity index (χ4v) is 6.40. The quantitative estimate of drug-likeness (QED) is 0.0200. The van der Waals surface area contributed by atoms with Crippen LogP contribution in [0.2, 0.25) is 0 Å². The van der Waals surface area contributed by atoms with E-state index in [0.717, 1.165) is 122 Å². The average molecular weight is 859 g/mol. The first-order valence-corrected chi connectivity index (χ1v) is 25.0. The minimum absolute atomic E-state index is 0.105. The van der Waals surface area contributed by atoms with Crippen LogP contribution in [-0.2, 0) is 28.6 Å². The third kappa shape index (κ3) is 47.1. The third-order valence-corrected chi connectivity index (χ3v) is 10.1. The van der Waals surface area contributed by atoms with Gasteiger partial charge in [0.05, 0.1) is 0 Å². The molecule has 0 spiro atoms. The van der Waals surface area contributed by atoms with Gasteiger partial charge < -0.3 is 14.2 Å². The number of ether oxygens (including phenoxy) is 3. The summed E-state index contributed by atoms with van der Waals surface area (Å²) in [6.45, 7) is 6.28. The Morgan fingerprint density at radius 2 is 0.710 bits per heavy atom. The molecule has 6 nitrogen and oxygen atoms in total. The predicted molar refractivity (Wildman–Crippen MR) is 265 cm³/mol. The summed E-state index contributed by atoms with van der Waals surface area (Å²) in [6.07, 6.45) is 66.4. The Morgan fingerprint density at radius 1 is 0.355 bits per heavy atom. The van der Waals surface area contributed by atoms with Crippen LogP contribution in [0, 0.1) is 0 Å². The van der Waals surface area contributed by atoms with Crippen molar-refractivity contribution < 1.29 is 28.6 Å². The van der Waals surface area contributed by atoms with Crippen LogP contribution in [0.5, 0.6) is 0 Å². The highest BCUT2D eigenvalue weighted by Gasteiger charge is 2.19. The first-order valence-electron chi connectivity index (χ1n) is 25.0. The summed E-state index contributed by atoms with van der Waals surface area (Å²) >= 11 is 0. The second-order valence-electron chi connectivity index (χ2n) is 16.1. The number of unbranched alkanes of at least 4 members (excludes halogenated alkanes) is 18. The summed E-state index contributed by atoms with van der Waals surface area (Å²) in [5.74, 6) is -0.976. The van der Waals surface area contributed by atoms with Crippen LogP contribution in [0.4, 0.5) is 0 Å². The lowest BCUT2D eigenvalue weighted by Crippen LogP contribution is -2.30. The van der Waals surface area contributed by atoms with E-state index in [1.165, 1.54) is 44.9 Å². The molecular formula is C56H90O6. The number of allylic oxidation sites excluding steroid dienone is 18. The van der Waals surface area contributed by atoms with Crippen molar-refractivity contribution in [3.8, 4) is 0 Å². The van der Waals surface area contributed by atoms with E-state index in [4.69, 9.17) is 14.2 Å². The van der Waals surface area contributed by atoms with Gasteiger partial charge in [0, 0.05) is 19.3 Å². The molecule has 1 atom stereocenters. The Kier molecular flexibility index (Phi) is 46.6. The Bertz CT molecular complexity index is 1310. The molecule has 0 saturated heterocycles. The molecule has 0 N–H and O–H groups in total. The van der Waals surface area contributed by atoms with E-state index in [9.17, 15) is 14.4 Å². The predicted octanol–water partition coefficient (Wildman–Crippen LogP) is 16.4. The van der Waals surface area contributed by atoms with Gasteiger partial charge in [-0.3, -0.25) is 14.4 Å². The SMILES string of the molecule is CC/C=C/C=C/C=C/C=C/CCCCCC(=O)OCC(COC(=O)CCCCCCCC/C=C/C/C=C/C/C=C/CC)OC(=O)CCCCCCCC/C=C/C=C/CCCCC. The monoisotopic (exact) mass is 859 g/mol. The van der Waals surface area contributed by atoms with Crippen molar-refractivity contribution in [2.75, 3.05) is 13.2 Å². The van der Waals surface area contributed by atoms with E-state index >= 15 is 0 Å². The minimum atomic E-state index is -0.807. The van der Waals surface area contributed by atoms with E-state index in [1.54, 1.807) is 0 Å². The summed E-state index contributed by atoms with van der Waals surface area (Å²) in [5, 5.41) is 0. The number of carbonyl (C=O) groups is 3. The van der Waals surface area contributed by atoms with Crippen LogP contribution in [0.3, 0.4) is 0 Å². The number of carbonyl (C=O) groups excluding carboxylic acids is 3. The lowest BCUT2D eigenvalue weighted by Gasteiger charge is -2.18. The molecule has 350 valence electrons. The zero-order valence-electron chi connectivity index (χ0n) is 39.8. The first kappa shape index (κ1) is 58.1. The third-order valence-electron chi connectivity index (χ3n) is 10.1. The van der Waals surface area contributed by atoms with Crippen molar-refractivity contribution in [1.29, 1.82) is 0 Å². The Labute approximate surface area is 380 Å². The van der Waals surface area contributed by atoms with E-state index in [2.05, 4.69) is 93.7 Å². The van der Waals surface area contributed by atoms with Crippen molar-refractivity contribution in [2.45, 2.75) is 213 Å². The zero-order valence-corrected chi connectivity index (χ0v) is 39.8. The van der Waals surface area contributed by atoms with Crippen molar-refractivity contribution in [2.24, 2.45) is 0 Å². The molecule has 0 aromatic rings. The topological polar surface area (TPSA) is 78.9 Å². The van der Waals surface area contributed by atoms with Gasteiger partial charge in [-0.2, -0.15) is 0 Å². The normalized spacial score (nSPS) is 13.0. The van der Waals surface area contributed by atoms with Crippen LogP contribution >= 0.6 is 0 Å². The summed E-state index contributed by atoms with van der Waals surface area (Å²) in [4.78, 5) is 37.9. The molecule has 0 bridgehead atoms. The van der Waals surface area contributed by atoms with Crippen molar-refractivity contribution >= 4 is 17.9 Å². The Hall–Kier alpha value is -3.93. The number of esters is 3. The van der Waals surface area contributed by atoms with Crippen molar-refractivity contribution in [3.05, 3.63) is 109 Å². The van der Waals surface area contributed by atoms with Crippen LogP contribution in [-0.4, -0.2) is 37.2 Å². The molecule has 0 aliphatic heterocycles. The van der Waals surface area contributed by atoms with Gasteiger partial charge in [0.2, 0.25) is 0 Å². The maximum Gasteiger partial charge on any atom is 0.306 e. The van der Waals surface area contributed by atoms with Gasteiger partial charge in [0.25, 0.3) is 0 Å². The van der Waals surface area contributed by atoms with Gasteiger partial charge in [0.1, 0.15) is 13.2 Å². The second-order valence-corrected chi connectivity index (χ2v) is 16.1. The summed E-state index contributed by atoms with van der Waals surface area (Å²) in [6, 6.07) is 0. The molecule has 1 unspecified atom stereocenters. The average Bonchev–Trinajstić information content (AvgIpc) is 3.27. The summed E-state index contributed by atoms with van der Waals surface area (Å²) in [5.41, 5.74) is 0. The fourth-order valence-electron chi connectivity index (χ4n) is 6.40.